The van der Waals surface area contributed by atoms with E-state index in [4.69, 9.17) is 4.74 Å². The topological polar surface area (TPSA) is 93.6 Å². The second-order valence-electron chi connectivity index (χ2n) is 13.8. The molecular weight excluding hydrogens is 600 g/mol. The van der Waals surface area contributed by atoms with Crippen LogP contribution in [-0.2, 0) is 25.7 Å². The predicted octanol–water partition coefficient (Wildman–Crippen LogP) is 3.29. The van der Waals surface area contributed by atoms with E-state index in [1.165, 1.54) is 0 Å². The number of rotatable bonds is 15. The van der Waals surface area contributed by atoms with Crippen molar-refractivity contribution >= 4 is 29.5 Å². The van der Waals surface area contributed by atoms with Gasteiger partial charge in [0.1, 0.15) is 6.04 Å². The van der Waals surface area contributed by atoms with Crippen LogP contribution in [0.4, 0.5) is 0 Å². The van der Waals surface area contributed by atoms with E-state index in [2.05, 4.69) is 38.8 Å². The first-order valence-corrected chi connectivity index (χ1v) is 17.8. The van der Waals surface area contributed by atoms with Gasteiger partial charge in [-0.3, -0.25) is 19.3 Å². The number of ether oxygens (including phenoxy) is 1. The van der Waals surface area contributed by atoms with Crippen LogP contribution in [0.2, 0.25) is 0 Å². The molecule has 2 bridgehead atoms. The highest BCUT2D eigenvalue weighted by Gasteiger charge is 2.77. The zero-order valence-corrected chi connectivity index (χ0v) is 28.6. The summed E-state index contributed by atoms with van der Waals surface area (Å²) in [7, 11) is 0. The number of carbonyl (C=O) groups is 3. The van der Waals surface area contributed by atoms with Crippen molar-refractivity contribution in [2.24, 2.45) is 23.7 Å². The highest BCUT2D eigenvalue weighted by molar-refractivity contribution is 8.02. The van der Waals surface area contributed by atoms with Crippen LogP contribution in [0.3, 0.4) is 0 Å². The minimum atomic E-state index is -0.768. The van der Waals surface area contributed by atoms with E-state index in [1.807, 2.05) is 40.1 Å². The Labute approximate surface area is 279 Å². The molecule has 9 nitrogen and oxygen atoms in total. The quantitative estimate of drug-likeness (QED) is 0.291. The first-order valence-electron chi connectivity index (χ1n) is 16.9. The van der Waals surface area contributed by atoms with Crippen LogP contribution < -0.4 is 0 Å². The van der Waals surface area contributed by atoms with E-state index in [1.54, 1.807) is 28.8 Å². The average molecular weight is 653 g/mol. The zero-order chi connectivity index (χ0) is 33.0. The number of likely N-dealkylation sites (tertiary alicyclic amines) is 1. The van der Waals surface area contributed by atoms with Gasteiger partial charge in [0.05, 0.1) is 42.4 Å². The number of aliphatic hydroxyl groups is 1. The SMILES string of the molecule is C=CCN(CCN1CCOCC1)C(=O)C1N([C@@H](CO)CC(C)C)C(=O)[C@@H]2[C@@H](C(=O)N(CC=C)Cc3ccccc3)[C@H]3CC(C)C12S3. The van der Waals surface area contributed by atoms with Gasteiger partial charge in [-0.1, -0.05) is 63.3 Å². The highest BCUT2D eigenvalue weighted by atomic mass is 32.2. The van der Waals surface area contributed by atoms with Gasteiger partial charge in [-0.15, -0.1) is 24.9 Å². The lowest BCUT2D eigenvalue weighted by atomic mass is 9.65. The first kappa shape index (κ1) is 34.7. The molecule has 46 heavy (non-hydrogen) atoms. The molecule has 7 atom stereocenters. The number of hydrogen-bond acceptors (Lipinski definition) is 7. The lowest BCUT2D eigenvalue weighted by molar-refractivity contribution is -0.147. The summed E-state index contributed by atoms with van der Waals surface area (Å²) in [5.41, 5.74) is 1.02. The smallest absolute Gasteiger partial charge is 0.247 e. The van der Waals surface area contributed by atoms with Gasteiger partial charge in [-0.25, -0.2) is 0 Å². The molecule has 5 rings (SSSR count). The van der Waals surface area contributed by atoms with Gasteiger partial charge in [0.25, 0.3) is 0 Å². The molecule has 0 saturated carbocycles. The number of aliphatic hydroxyl groups excluding tert-OH is 1. The maximum atomic E-state index is 14.9. The normalized spacial score (nSPS) is 29.5. The Kier molecular flexibility index (Phi) is 11.3. The summed E-state index contributed by atoms with van der Waals surface area (Å²) in [6.45, 7) is 19.3. The molecule has 0 aromatic heterocycles. The molecule has 0 aliphatic carbocycles. The van der Waals surface area contributed by atoms with Gasteiger partial charge >= 0.3 is 0 Å². The second-order valence-corrected chi connectivity index (χ2v) is 15.3. The molecule has 1 aromatic carbocycles. The molecule has 3 unspecified atom stereocenters. The molecule has 252 valence electrons. The van der Waals surface area contributed by atoms with E-state index in [0.29, 0.717) is 52.4 Å². The van der Waals surface area contributed by atoms with E-state index in [9.17, 15) is 19.5 Å². The summed E-state index contributed by atoms with van der Waals surface area (Å²) in [6.07, 6.45) is 4.82. The molecule has 4 aliphatic rings. The van der Waals surface area contributed by atoms with Crippen molar-refractivity contribution in [2.45, 2.75) is 62.2 Å². The Hall–Kier alpha value is -2.66. The van der Waals surface area contributed by atoms with Gasteiger partial charge in [-0.05, 0) is 30.2 Å². The van der Waals surface area contributed by atoms with Crippen molar-refractivity contribution < 1.29 is 24.2 Å². The van der Waals surface area contributed by atoms with Crippen molar-refractivity contribution in [1.29, 1.82) is 0 Å². The fourth-order valence-corrected chi connectivity index (χ4v) is 10.7. The minimum Gasteiger partial charge on any atom is -0.394 e. The number of fused-ring (bicyclic) bond motifs is 1. The molecular formula is C36H52N4O5S. The summed E-state index contributed by atoms with van der Waals surface area (Å²) in [5.74, 6) is -1.25. The molecule has 4 heterocycles. The molecule has 4 aliphatic heterocycles. The average Bonchev–Trinajstić information content (AvgIpc) is 3.65. The monoisotopic (exact) mass is 652 g/mol. The molecule has 1 N–H and O–H groups in total. The largest absolute Gasteiger partial charge is 0.394 e. The zero-order valence-electron chi connectivity index (χ0n) is 27.8. The van der Waals surface area contributed by atoms with Crippen LogP contribution in [0.15, 0.2) is 55.6 Å². The fraction of sp³-hybridized carbons (Fsp3) is 0.639. The minimum absolute atomic E-state index is 0.0460. The lowest BCUT2D eigenvalue weighted by Crippen LogP contribution is -2.60. The summed E-state index contributed by atoms with van der Waals surface area (Å²) in [5, 5.41) is 10.7. The van der Waals surface area contributed by atoms with Crippen molar-refractivity contribution in [3.63, 3.8) is 0 Å². The van der Waals surface area contributed by atoms with Crippen molar-refractivity contribution in [1.82, 2.24) is 19.6 Å². The molecule has 10 heteroatoms. The van der Waals surface area contributed by atoms with Gasteiger partial charge in [0.15, 0.2) is 0 Å². The van der Waals surface area contributed by atoms with Gasteiger partial charge < -0.3 is 24.5 Å². The van der Waals surface area contributed by atoms with Gasteiger partial charge in [-0.2, -0.15) is 0 Å². The third kappa shape index (κ3) is 6.55. The number of thioether (sulfide) groups is 1. The lowest BCUT2D eigenvalue weighted by Gasteiger charge is -2.42. The van der Waals surface area contributed by atoms with Crippen LogP contribution in [0.25, 0.3) is 0 Å². The molecule has 4 saturated heterocycles. The Morgan fingerprint density at radius 1 is 1.11 bits per heavy atom. The number of hydrogen-bond donors (Lipinski definition) is 1. The number of benzene rings is 1. The van der Waals surface area contributed by atoms with E-state index in [0.717, 1.165) is 25.1 Å². The highest BCUT2D eigenvalue weighted by Crippen LogP contribution is 2.69. The number of nitrogens with zero attached hydrogens (tertiary/aromatic N) is 4. The molecule has 1 aromatic rings. The number of carbonyl (C=O) groups excluding carboxylic acids is 3. The maximum absolute atomic E-state index is 14.9. The number of amides is 3. The Bertz CT molecular complexity index is 1260. The van der Waals surface area contributed by atoms with Crippen LogP contribution in [0, 0.1) is 23.7 Å². The second kappa shape index (κ2) is 15.0. The summed E-state index contributed by atoms with van der Waals surface area (Å²) >= 11 is 1.69. The van der Waals surface area contributed by atoms with Crippen molar-refractivity contribution in [3.05, 3.63) is 61.2 Å². The van der Waals surface area contributed by atoms with E-state index >= 15 is 0 Å². The molecule has 0 radical (unpaired) electrons. The van der Waals surface area contributed by atoms with Crippen molar-refractivity contribution in [3.8, 4) is 0 Å². The van der Waals surface area contributed by atoms with Crippen LogP contribution >= 0.6 is 11.8 Å². The van der Waals surface area contributed by atoms with E-state index in [-0.39, 0.29) is 41.4 Å². The first-order chi connectivity index (χ1) is 22.2. The van der Waals surface area contributed by atoms with Crippen molar-refractivity contribution in [2.75, 3.05) is 59.1 Å². The maximum Gasteiger partial charge on any atom is 0.247 e. The summed E-state index contributed by atoms with van der Waals surface area (Å²) in [4.78, 5) is 52.0. The fourth-order valence-electron chi connectivity index (χ4n) is 8.34. The third-order valence-electron chi connectivity index (χ3n) is 10.4. The summed E-state index contributed by atoms with van der Waals surface area (Å²) < 4.78 is 4.76. The Morgan fingerprint density at radius 3 is 2.41 bits per heavy atom. The molecule has 4 fully saturated rings. The predicted molar refractivity (Wildman–Crippen MR) is 182 cm³/mol. The van der Waals surface area contributed by atoms with Crippen LogP contribution in [-0.4, -0.2) is 124 Å². The van der Waals surface area contributed by atoms with Gasteiger partial charge in [0, 0.05) is 51.1 Å². The van der Waals surface area contributed by atoms with Crippen LogP contribution in [0.1, 0.15) is 39.2 Å². The van der Waals surface area contributed by atoms with Crippen LogP contribution in [0.5, 0.6) is 0 Å². The summed E-state index contributed by atoms with van der Waals surface area (Å²) in [6, 6.07) is 8.60. The molecule has 3 amide bonds. The van der Waals surface area contributed by atoms with Gasteiger partial charge in [0.2, 0.25) is 17.7 Å². The third-order valence-corrected chi connectivity index (χ3v) is 12.5. The number of morpholine rings is 1. The standard InChI is InChI=1S/C36H52N4O5S/c1-6-13-38(16-15-37-17-19-45-20-18-37)35(44)32-36-26(5)22-29(46-36)30(31(36)34(43)40(32)28(24-41)21-25(3)4)33(42)39(14-7-2)23-27-11-9-8-10-12-27/h6-12,25-26,28-32,41H,1-2,13-24H2,3-5H3/t26?,28-,29-,30+,31+,32?,36?/m1/s1. The van der Waals surface area contributed by atoms with E-state index < -0.39 is 28.7 Å². The Balaban J connectivity index is 1.52. The Morgan fingerprint density at radius 2 is 1.78 bits per heavy atom. The molecule has 1 spiro atoms.